The number of aromatic amines is 1. The van der Waals surface area contributed by atoms with Crippen molar-refractivity contribution in [2.24, 2.45) is 7.05 Å². The van der Waals surface area contributed by atoms with Crippen LogP contribution in [0.25, 0.3) is 11.0 Å². The average Bonchev–Trinajstić information content (AvgIpc) is 3.27. The second kappa shape index (κ2) is 6.51. The van der Waals surface area contributed by atoms with Crippen LogP contribution in [0.15, 0.2) is 24.3 Å². The third kappa shape index (κ3) is 2.83. The zero-order valence-corrected chi connectivity index (χ0v) is 15.7. The monoisotopic (exact) mass is 363 g/mol. The van der Waals surface area contributed by atoms with Crippen LogP contribution in [-0.2, 0) is 19.9 Å². The van der Waals surface area contributed by atoms with Crippen LogP contribution in [0, 0.1) is 0 Å². The first-order valence-electron chi connectivity index (χ1n) is 9.99. The molecular weight excluding hydrogens is 338 g/mol. The van der Waals surface area contributed by atoms with Crippen molar-refractivity contribution in [3.63, 3.8) is 0 Å². The summed E-state index contributed by atoms with van der Waals surface area (Å²) in [5.41, 5.74) is 5.17. The fourth-order valence-corrected chi connectivity index (χ4v) is 4.65. The van der Waals surface area contributed by atoms with E-state index in [1.807, 2.05) is 34.8 Å². The van der Waals surface area contributed by atoms with Crippen LogP contribution in [0.1, 0.15) is 59.2 Å². The molecular formula is C21H25N5O. The van der Waals surface area contributed by atoms with E-state index in [9.17, 15) is 4.79 Å². The van der Waals surface area contributed by atoms with E-state index >= 15 is 0 Å². The van der Waals surface area contributed by atoms with Gasteiger partial charge < -0.3 is 9.88 Å². The summed E-state index contributed by atoms with van der Waals surface area (Å²) in [4.78, 5) is 23.6. The number of aromatic nitrogens is 4. The highest BCUT2D eigenvalue weighted by atomic mass is 16.2. The first-order valence-corrected chi connectivity index (χ1v) is 9.99. The van der Waals surface area contributed by atoms with Gasteiger partial charge in [0.1, 0.15) is 11.5 Å². The van der Waals surface area contributed by atoms with E-state index in [0.29, 0.717) is 0 Å². The summed E-state index contributed by atoms with van der Waals surface area (Å²) in [6.45, 7) is 1.54. The SMILES string of the molecule is Cn1nc2c(c1C(=O)N1CCC[C@@H](c3nc4ccccc4[nH]3)C1)CCCC2. The predicted molar refractivity (Wildman–Crippen MR) is 104 cm³/mol. The molecule has 1 saturated heterocycles. The van der Waals surface area contributed by atoms with Gasteiger partial charge in [-0.2, -0.15) is 5.10 Å². The molecule has 3 aromatic rings. The summed E-state index contributed by atoms with van der Waals surface area (Å²) in [6, 6.07) is 8.12. The van der Waals surface area contributed by atoms with Gasteiger partial charge in [0.25, 0.3) is 5.91 Å². The number of nitrogens with one attached hydrogen (secondary N) is 1. The number of nitrogens with zero attached hydrogens (tertiary/aromatic N) is 4. The zero-order valence-electron chi connectivity index (χ0n) is 15.7. The summed E-state index contributed by atoms with van der Waals surface area (Å²) in [5.74, 6) is 1.40. The molecule has 0 saturated carbocycles. The topological polar surface area (TPSA) is 66.8 Å². The lowest BCUT2D eigenvalue weighted by atomic mass is 9.94. The number of benzene rings is 1. The Labute approximate surface area is 158 Å². The molecule has 0 radical (unpaired) electrons. The molecule has 0 unspecified atom stereocenters. The van der Waals surface area contributed by atoms with Gasteiger partial charge in [0.05, 0.1) is 16.7 Å². The Hall–Kier alpha value is -2.63. The Morgan fingerprint density at radius 1 is 1.19 bits per heavy atom. The van der Waals surface area contributed by atoms with Crippen LogP contribution in [0.4, 0.5) is 0 Å². The van der Waals surface area contributed by atoms with E-state index in [1.165, 1.54) is 12.0 Å². The highest BCUT2D eigenvalue weighted by molar-refractivity contribution is 5.94. The minimum Gasteiger partial charge on any atom is -0.342 e. The first-order chi connectivity index (χ1) is 13.2. The Bertz CT molecular complexity index is 968. The summed E-state index contributed by atoms with van der Waals surface area (Å²) in [7, 11) is 1.91. The molecule has 2 aliphatic rings. The van der Waals surface area contributed by atoms with E-state index < -0.39 is 0 Å². The number of carbonyl (C=O) groups excluding carboxylic acids is 1. The van der Waals surface area contributed by atoms with Crippen molar-refractivity contribution >= 4 is 16.9 Å². The number of hydrogen-bond donors (Lipinski definition) is 1. The number of para-hydroxylation sites is 2. The molecule has 140 valence electrons. The van der Waals surface area contributed by atoms with Gasteiger partial charge in [-0.1, -0.05) is 12.1 Å². The highest BCUT2D eigenvalue weighted by Crippen LogP contribution is 2.30. The minimum atomic E-state index is 0.133. The first kappa shape index (κ1) is 16.5. The number of piperidine rings is 1. The van der Waals surface area contributed by atoms with Gasteiger partial charge in [0, 0.05) is 31.6 Å². The Kier molecular flexibility index (Phi) is 3.99. The average molecular weight is 363 g/mol. The molecule has 1 aromatic carbocycles. The maximum Gasteiger partial charge on any atom is 0.272 e. The second-order valence-corrected chi connectivity index (χ2v) is 7.83. The van der Waals surface area contributed by atoms with Crippen molar-refractivity contribution < 1.29 is 4.79 Å². The lowest BCUT2D eigenvalue weighted by molar-refractivity contribution is 0.0692. The molecule has 6 nitrogen and oxygen atoms in total. The van der Waals surface area contributed by atoms with Crippen LogP contribution in [-0.4, -0.2) is 43.6 Å². The number of aryl methyl sites for hydroxylation is 2. The van der Waals surface area contributed by atoms with E-state index in [0.717, 1.165) is 73.4 Å². The summed E-state index contributed by atoms with van der Waals surface area (Å²) in [5, 5.41) is 4.62. The van der Waals surface area contributed by atoms with E-state index in [-0.39, 0.29) is 11.8 Å². The van der Waals surface area contributed by atoms with Crippen LogP contribution in [0.3, 0.4) is 0 Å². The second-order valence-electron chi connectivity index (χ2n) is 7.83. The van der Waals surface area contributed by atoms with E-state index in [1.54, 1.807) is 0 Å². The maximum absolute atomic E-state index is 13.3. The number of rotatable bonds is 2. The fourth-order valence-electron chi connectivity index (χ4n) is 4.65. The Balaban J connectivity index is 1.41. The number of H-pyrrole nitrogens is 1. The Morgan fingerprint density at radius 2 is 2.04 bits per heavy atom. The molecule has 1 N–H and O–H groups in total. The van der Waals surface area contributed by atoms with E-state index in [2.05, 4.69) is 16.1 Å². The fraction of sp³-hybridized carbons (Fsp3) is 0.476. The predicted octanol–water partition coefficient (Wildman–Crippen LogP) is 3.20. The van der Waals surface area contributed by atoms with Crippen LogP contribution in [0.2, 0.25) is 0 Å². The van der Waals surface area contributed by atoms with Crippen molar-refractivity contribution in [1.29, 1.82) is 0 Å². The maximum atomic E-state index is 13.3. The van der Waals surface area contributed by atoms with Crippen molar-refractivity contribution in [3.8, 4) is 0 Å². The van der Waals surface area contributed by atoms with Crippen LogP contribution in [0.5, 0.6) is 0 Å². The van der Waals surface area contributed by atoms with Crippen LogP contribution < -0.4 is 0 Å². The number of hydrogen-bond acceptors (Lipinski definition) is 3. The quantitative estimate of drug-likeness (QED) is 0.760. The molecule has 5 rings (SSSR count). The third-order valence-corrected chi connectivity index (χ3v) is 6.02. The Morgan fingerprint density at radius 3 is 2.93 bits per heavy atom. The van der Waals surface area contributed by atoms with Gasteiger partial charge in [-0.05, 0) is 50.7 Å². The van der Waals surface area contributed by atoms with Crippen molar-refractivity contribution in [3.05, 3.63) is 47.0 Å². The van der Waals surface area contributed by atoms with Crippen molar-refractivity contribution in [2.45, 2.75) is 44.4 Å². The smallest absolute Gasteiger partial charge is 0.272 e. The van der Waals surface area contributed by atoms with Crippen molar-refractivity contribution in [2.75, 3.05) is 13.1 Å². The molecule has 1 aliphatic carbocycles. The van der Waals surface area contributed by atoms with Gasteiger partial charge in [0.2, 0.25) is 0 Å². The number of fused-ring (bicyclic) bond motifs is 2. The molecule has 27 heavy (non-hydrogen) atoms. The summed E-state index contributed by atoms with van der Waals surface area (Å²) >= 11 is 0. The zero-order chi connectivity index (χ0) is 18.4. The summed E-state index contributed by atoms with van der Waals surface area (Å²) < 4.78 is 1.81. The normalized spacial score (nSPS) is 20.0. The molecule has 1 aliphatic heterocycles. The number of imidazole rings is 1. The molecule has 1 fully saturated rings. The van der Waals surface area contributed by atoms with Crippen molar-refractivity contribution in [1.82, 2.24) is 24.6 Å². The number of carbonyl (C=O) groups is 1. The molecule has 0 bridgehead atoms. The summed E-state index contributed by atoms with van der Waals surface area (Å²) in [6.07, 6.45) is 6.37. The highest BCUT2D eigenvalue weighted by Gasteiger charge is 2.31. The minimum absolute atomic E-state index is 0.133. The van der Waals surface area contributed by atoms with Gasteiger partial charge in [-0.3, -0.25) is 9.48 Å². The molecule has 2 aromatic heterocycles. The van der Waals surface area contributed by atoms with Gasteiger partial charge >= 0.3 is 0 Å². The molecule has 6 heteroatoms. The van der Waals surface area contributed by atoms with Crippen LogP contribution >= 0.6 is 0 Å². The largest absolute Gasteiger partial charge is 0.342 e. The lowest BCUT2D eigenvalue weighted by Gasteiger charge is -2.32. The third-order valence-electron chi connectivity index (χ3n) is 6.02. The van der Waals surface area contributed by atoms with E-state index in [4.69, 9.17) is 4.98 Å². The molecule has 1 atom stereocenters. The molecule has 0 spiro atoms. The van der Waals surface area contributed by atoms with Gasteiger partial charge in [-0.25, -0.2) is 4.98 Å². The number of likely N-dealkylation sites (tertiary alicyclic amines) is 1. The standard InChI is InChI=1S/C21H25N5O/c1-25-19(15-8-2-3-9-16(15)24-25)21(27)26-12-6-7-14(13-26)20-22-17-10-4-5-11-18(17)23-20/h4-5,10-11,14H,2-3,6-9,12-13H2,1H3,(H,22,23)/t14-/m1/s1. The lowest BCUT2D eigenvalue weighted by Crippen LogP contribution is -2.40. The van der Waals surface area contributed by atoms with Gasteiger partial charge in [-0.15, -0.1) is 0 Å². The molecule has 3 heterocycles. The molecule has 1 amide bonds. The van der Waals surface area contributed by atoms with Gasteiger partial charge in [0.15, 0.2) is 0 Å². The number of amides is 1.